The van der Waals surface area contributed by atoms with E-state index in [0.29, 0.717) is 16.1 Å². The molecule has 1 aliphatic carbocycles. The number of hydrogen-bond acceptors (Lipinski definition) is 5. The van der Waals surface area contributed by atoms with Crippen LogP contribution in [0.3, 0.4) is 0 Å². The molecule has 0 aromatic carbocycles. The zero-order chi connectivity index (χ0) is 13.5. The van der Waals surface area contributed by atoms with Gasteiger partial charge in [-0.25, -0.2) is 0 Å². The second kappa shape index (κ2) is 4.47. The number of rotatable bonds is 3. The molecule has 0 atom stereocenters. The molecule has 2 aromatic rings. The molecule has 5 nitrogen and oxygen atoms in total. The number of anilines is 1. The van der Waals surface area contributed by atoms with E-state index in [9.17, 15) is 9.90 Å². The lowest BCUT2D eigenvalue weighted by Gasteiger charge is -2.40. The first kappa shape index (κ1) is 12.4. The Labute approximate surface area is 114 Å². The molecule has 0 aliphatic heterocycles. The lowest BCUT2D eigenvalue weighted by Crippen LogP contribution is -2.56. The molecule has 1 saturated carbocycles. The summed E-state index contributed by atoms with van der Waals surface area (Å²) in [5.41, 5.74) is 6.63. The molecule has 2 aromatic heterocycles. The third-order valence-electron chi connectivity index (χ3n) is 3.68. The molecule has 4 N–H and O–H groups in total. The lowest BCUT2D eigenvalue weighted by molar-refractivity contribution is 0.0646. The molecule has 0 spiro atoms. The van der Waals surface area contributed by atoms with Crippen molar-refractivity contribution in [2.24, 2.45) is 0 Å². The Balaban J connectivity index is 1.91. The van der Waals surface area contributed by atoms with Crippen LogP contribution in [0.15, 0.2) is 18.3 Å². The fourth-order valence-electron chi connectivity index (χ4n) is 2.34. The molecule has 100 valence electrons. The number of carbonyl (C=O) groups excluding carboxylic acids is 1. The van der Waals surface area contributed by atoms with Gasteiger partial charge in [-0.05, 0) is 31.4 Å². The average molecular weight is 277 g/mol. The van der Waals surface area contributed by atoms with Crippen LogP contribution in [0.5, 0.6) is 0 Å². The highest BCUT2D eigenvalue weighted by atomic mass is 32.1. The molecule has 2 heterocycles. The van der Waals surface area contributed by atoms with Gasteiger partial charge in [-0.3, -0.25) is 9.78 Å². The first-order valence-corrected chi connectivity index (χ1v) is 7.03. The van der Waals surface area contributed by atoms with E-state index in [0.717, 1.165) is 24.0 Å². The van der Waals surface area contributed by atoms with E-state index >= 15 is 0 Å². The predicted octanol–water partition coefficient (Wildman–Crippen LogP) is 1.52. The largest absolute Gasteiger partial charge is 0.396 e. The summed E-state index contributed by atoms with van der Waals surface area (Å²) in [5, 5.41) is 12.3. The maximum absolute atomic E-state index is 12.3. The van der Waals surface area contributed by atoms with Gasteiger partial charge in [0, 0.05) is 6.20 Å². The van der Waals surface area contributed by atoms with Crippen LogP contribution in [-0.4, -0.2) is 28.1 Å². The second-order valence-electron chi connectivity index (χ2n) is 4.94. The number of amides is 1. The van der Waals surface area contributed by atoms with Gasteiger partial charge in [0.05, 0.1) is 22.5 Å². The summed E-state index contributed by atoms with van der Waals surface area (Å²) in [5.74, 6) is -0.214. The molecule has 6 heteroatoms. The van der Waals surface area contributed by atoms with Crippen LogP contribution in [-0.2, 0) is 0 Å². The van der Waals surface area contributed by atoms with Crippen molar-refractivity contribution >= 4 is 33.1 Å². The van der Waals surface area contributed by atoms with Crippen molar-refractivity contribution in [3.8, 4) is 0 Å². The van der Waals surface area contributed by atoms with Crippen molar-refractivity contribution in [2.45, 2.75) is 24.8 Å². The van der Waals surface area contributed by atoms with Crippen molar-refractivity contribution in [1.29, 1.82) is 0 Å². The first-order chi connectivity index (χ1) is 9.15. The minimum Gasteiger partial charge on any atom is -0.396 e. The molecule has 1 aliphatic rings. The van der Waals surface area contributed by atoms with Crippen LogP contribution in [0, 0.1) is 0 Å². The molecule has 1 amide bonds. The molecular formula is C13H15N3O2S. The Morgan fingerprint density at radius 2 is 2.37 bits per heavy atom. The van der Waals surface area contributed by atoms with Gasteiger partial charge < -0.3 is 16.2 Å². The Hall–Kier alpha value is -1.66. The smallest absolute Gasteiger partial charge is 0.264 e. The molecule has 0 unspecified atom stereocenters. The lowest BCUT2D eigenvalue weighted by atomic mass is 9.77. The molecule has 3 rings (SSSR count). The highest BCUT2D eigenvalue weighted by molar-refractivity contribution is 7.21. The molecule has 1 fully saturated rings. The zero-order valence-corrected chi connectivity index (χ0v) is 11.2. The third kappa shape index (κ3) is 1.97. The number of nitrogens with two attached hydrogens (primary N) is 1. The molecule has 0 radical (unpaired) electrons. The fraction of sp³-hybridized carbons (Fsp3) is 0.385. The fourth-order valence-corrected chi connectivity index (χ4v) is 3.32. The number of pyridine rings is 1. The summed E-state index contributed by atoms with van der Waals surface area (Å²) < 4.78 is 0.900. The molecular weight excluding hydrogens is 262 g/mol. The number of carbonyl (C=O) groups is 1. The third-order valence-corrected chi connectivity index (χ3v) is 4.84. The number of thiophene rings is 1. The molecule has 0 bridgehead atoms. The Morgan fingerprint density at radius 1 is 1.58 bits per heavy atom. The summed E-state index contributed by atoms with van der Waals surface area (Å²) in [4.78, 5) is 17.0. The van der Waals surface area contributed by atoms with Gasteiger partial charge in [-0.2, -0.15) is 0 Å². The van der Waals surface area contributed by atoms with Crippen molar-refractivity contribution in [3.05, 3.63) is 23.2 Å². The van der Waals surface area contributed by atoms with E-state index in [1.165, 1.54) is 11.3 Å². The van der Waals surface area contributed by atoms with Gasteiger partial charge >= 0.3 is 0 Å². The topological polar surface area (TPSA) is 88.2 Å². The van der Waals surface area contributed by atoms with Crippen LogP contribution in [0.1, 0.15) is 28.9 Å². The van der Waals surface area contributed by atoms with E-state index in [1.54, 1.807) is 6.20 Å². The van der Waals surface area contributed by atoms with E-state index in [2.05, 4.69) is 10.3 Å². The van der Waals surface area contributed by atoms with Gasteiger partial charge in [0.25, 0.3) is 5.91 Å². The summed E-state index contributed by atoms with van der Waals surface area (Å²) in [6, 6.07) is 3.71. The van der Waals surface area contributed by atoms with Gasteiger partial charge in [0.15, 0.2) is 0 Å². The van der Waals surface area contributed by atoms with Gasteiger partial charge in [-0.1, -0.05) is 0 Å². The van der Waals surface area contributed by atoms with Gasteiger partial charge in [-0.15, -0.1) is 11.3 Å². The summed E-state index contributed by atoms with van der Waals surface area (Å²) >= 11 is 1.34. The predicted molar refractivity (Wildman–Crippen MR) is 75.2 cm³/mol. The number of fused-ring (bicyclic) bond motifs is 1. The number of aliphatic hydroxyl groups is 1. The van der Waals surface area contributed by atoms with Gasteiger partial charge in [0.1, 0.15) is 10.4 Å². The van der Waals surface area contributed by atoms with Crippen molar-refractivity contribution in [2.75, 3.05) is 12.3 Å². The second-order valence-corrected chi connectivity index (χ2v) is 5.99. The van der Waals surface area contributed by atoms with Gasteiger partial charge in [0.2, 0.25) is 0 Å². The number of aliphatic hydroxyl groups excluding tert-OH is 1. The van der Waals surface area contributed by atoms with Crippen LogP contribution in [0.2, 0.25) is 0 Å². The van der Waals surface area contributed by atoms with Crippen molar-refractivity contribution in [1.82, 2.24) is 10.3 Å². The van der Waals surface area contributed by atoms with E-state index in [-0.39, 0.29) is 12.5 Å². The molecule has 0 saturated heterocycles. The average Bonchev–Trinajstić information content (AvgIpc) is 2.72. The minimum atomic E-state index is -0.451. The van der Waals surface area contributed by atoms with Crippen LogP contribution >= 0.6 is 11.3 Å². The minimum absolute atomic E-state index is 0.0260. The monoisotopic (exact) mass is 277 g/mol. The van der Waals surface area contributed by atoms with Crippen molar-refractivity contribution < 1.29 is 9.90 Å². The Morgan fingerprint density at radius 3 is 2.95 bits per heavy atom. The number of nitrogen functional groups attached to an aromatic ring is 1. The summed E-state index contributed by atoms with van der Waals surface area (Å²) in [6.45, 7) is -0.0260. The maximum Gasteiger partial charge on any atom is 0.264 e. The number of aromatic nitrogens is 1. The van der Waals surface area contributed by atoms with Crippen molar-refractivity contribution in [3.63, 3.8) is 0 Å². The number of nitrogens with zero attached hydrogens (tertiary/aromatic N) is 1. The van der Waals surface area contributed by atoms with Crippen LogP contribution in [0.25, 0.3) is 10.2 Å². The Bertz CT molecular complexity index is 628. The van der Waals surface area contributed by atoms with E-state index < -0.39 is 5.54 Å². The van der Waals surface area contributed by atoms with Crippen LogP contribution < -0.4 is 11.1 Å². The highest BCUT2D eigenvalue weighted by Gasteiger charge is 2.38. The first-order valence-electron chi connectivity index (χ1n) is 6.22. The van der Waals surface area contributed by atoms with E-state index in [1.807, 2.05) is 12.1 Å². The highest BCUT2D eigenvalue weighted by Crippen LogP contribution is 2.35. The molecule has 19 heavy (non-hydrogen) atoms. The van der Waals surface area contributed by atoms with Crippen LogP contribution in [0.4, 0.5) is 5.69 Å². The normalized spacial score (nSPS) is 17.1. The number of nitrogens with one attached hydrogen (secondary N) is 1. The SMILES string of the molecule is Nc1c(C(=O)NC2(CO)CCC2)sc2cccnc12. The summed E-state index contributed by atoms with van der Waals surface area (Å²) in [6.07, 6.45) is 4.33. The summed E-state index contributed by atoms with van der Waals surface area (Å²) in [7, 11) is 0. The standard InChI is InChI=1S/C13H15N3O2S/c14-9-10-8(3-1-6-15-10)19-11(9)12(18)16-13(7-17)4-2-5-13/h1,3,6,17H,2,4-5,7,14H2,(H,16,18). The maximum atomic E-state index is 12.3. The Kier molecular flexibility index (Phi) is 2.91. The quantitative estimate of drug-likeness (QED) is 0.793. The van der Waals surface area contributed by atoms with E-state index in [4.69, 9.17) is 5.73 Å². The zero-order valence-electron chi connectivity index (χ0n) is 10.3. The number of hydrogen-bond donors (Lipinski definition) is 3.